The van der Waals surface area contributed by atoms with E-state index >= 15 is 0 Å². The van der Waals surface area contributed by atoms with Crippen molar-refractivity contribution in [1.82, 2.24) is 10.2 Å². The number of benzene rings is 2. The summed E-state index contributed by atoms with van der Waals surface area (Å²) in [6.45, 7) is 5.96. The summed E-state index contributed by atoms with van der Waals surface area (Å²) < 4.78 is 5.27. The van der Waals surface area contributed by atoms with Crippen molar-refractivity contribution in [2.24, 2.45) is 0 Å². The van der Waals surface area contributed by atoms with Crippen molar-refractivity contribution in [1.29, 1.82) is 0 Å². The average molecular weight is 436 g/mol. The molecule has 4 rings (SSSR count). The molecule has 5 nitrogen and oxygen atoms in total. The Morgan fingerprint density at radius 1 is 1.00 bits per heavy atom. The number of nitrogens with zero attached hydrogens (tertiary/aromatic N) is 2. The molecule has 1 amide bonds. The maximum atomic E-state index is 12.9. The minimum Gasteiger partial charge on any atom is -0.497 e. The molecule has 1 saturated heterocycles. The Morgan fingerprint density at radius 2 is 1.77 bits per heavy atom. The van der Waals surface area contributed by atoms with E-state index in [2.05, 4.69) is 69.9 Å². The van der Waals surface area contributed by atoms with E-state index in [0.717, 1.165) is 26.2 Å². The van der Waals surface area contributed by atoms with E-state index < -0.39 is 0 Å². The zero-order valence-electron chi connectivity index (χ0n) is 18.0. The average Bonchev–Trinajstić information content (AvgIpc) is 3.34. The zero-order chi connectivity index (χ0) is 21.6. The molecule has 1 fully saturated rings. The number of hydrogen-bond donors (Lipinski definition) is 1. The van der Waals surface area contributed by atoms with Gasteiger partial charge in [0.25, 0.3) is 5.91 Å². The molecular formula is C25H29N3O2S. The summed E-state index contributed by atoms with van der Waals surface area (Å²) in [5.41, 5.74) is 1.89. The van der Waals surface area contributed by atoms with Crippen molar-refractivity contribution < 1.29 is 9.53 Å². The van der Waals surface area contributed by atoms with Crippen LogP contribution in [0, 0.1) is 0 Å². The lowest BCUT2D eigenvalue weighted by atomic mass is 10.0. The Kier molecular flexibility index (Phi) is 6.89. The van der Waals surface area contributed by atoms with Gasteiger partial charge in [-0.3, -0.25) is 9.69 Å². The Morgan fingerprint density at radius 3 is 2.45 bits per heavy atom. The molecule has 0 aliphatic carbocycles. The molecule has 0 unspecified atom stereocenters. The second-order valence-electron chi connectivity index (χ2n) is 7.81. The lowest BCUT2D eigenvalue weighted by molar-refractivity contribution is 0.0890. The van der Waals surface area contributed by atoms with Crippen molar-refractivity contribution in [3.8, 4) is 5.75 Å². The van der Waals surface area contributed by atoms with Crippen molar-refractivity contribution >= 4 is 22.9 Å². The molecule has 2 atom stereocenters. The fourth-order valence-electron chi connectivity index (χ4n) is 4.23. The standard InChI is InChI=1S/C25H29N3O2S/c1-19(26-25(29)20-8-6-11-22(18-20)30-2)24(23-12-7-17-31-23)28-15-13-27(14-16-28)21-9-4-3-5-10-21/h3-12,17-19,24H,13-16H2,1-2H3,(H,26,29)/t19-,24-/m0/s1. The number of piperazine rings is 1. The predicted molar refractivity (Wildman–Crippen MR) is 127 cm³/mol. The summed E-state index contributed by atoms with van der Waals surface area (Å²) in [6, 6.07) is 22.2. The first-order valence-corrected chi connectivity index (χ1v) is 11.6. The number of ether oxygens (including phenoxy) is 1. The number of methoxy groups -OCH3 is 1. The molecule has 1 aromatic heterocycles. The number of thiophene rings is 1. The summed E-state index contributed by atoms with van der Waals surface area (Å²) in [4.78, 5) is 19.1. The minimum atomic E-state index is -0.0733. The van der Waals surface area contributed by atoms with Gasteiger partial charge in [-0.2, -0.15) is 0 Å². The molecule has 6 heteroatoms. The van der Waals surface area contributed by atoms with E-state index in [9.17, 15) is 4.79 Å². The highest BCUT2D eigenvalue weighted by Crippen LogP contribution is 2.30. The molecule has 1 aliphatic heterocycles. The molecule has 31 heavy (non-hydrogen) atoms. The smallest absolute Gasteiger partial charge is 0.251 e. The van der Waals surface area contributed by atoms with Gasteiger partial charge in [-0.15, -0.1) is 11.3 Å². The molecule has 0 spiro atoms. The molecule has 0 radical (unpaired) electrons. The fourth-order valence-corrected chi connectivity index (χ4v) is 5.20. The van der Waals surface area contributed by atoms with Crippen LogP contribution in [0.4, 0.5) is 5.69 Å². The number of para-hydroxylation sites is 1. The normalized spacial score (nSPS) is 16.5. The van der Waals surface area contributed by atoms with Crippen LogP contribution < -0.4 is 15.0 Å². The van der Waals surface area contributed by atoms with Gasteiger partial charge in [0, 0.05) is 48.3 Å². The molecule has 0 saturated carbocycles. The Labute approximate surface area is 188 Å². The van der Waals surface area contributed by atoms with E-state index in [1.54, 1.807) is 24.5 Å². The largest absolute Gasteiger partial charge is 0.497 e. The Bertz CT molecular complexity index is 969. The summed E-state index contributed by atoms with van der Waals surface area (Å²) in [6.07, 6.45) is 0. The van der Waals surface area contributed by atoms with Crippen LogP contribution in [0.5, 0.6) is 5.75 Å². The number of hydrogen-bond acceptors (Lipinski definition) is 5. The maximum absolute atomic E-state index is 12.9. The topological polar surface area (TPSA) is 44.8 Å². The van der Waals surface area contributed by atoms with Crippen LogP contribution in [-0.2, 0) is 0 Å². The van der Waals surface area contributed by atoms with Crippen LogP contribution in [0.2, 0.25) is 0 Å². The van der Waals surface area contributed by atoms with Gasteiger partial charge in [0.2, 0.25) is 0 Å². The van der Waals surface area contributed by atoms with E-state index in [0.29, 0.717) is 11.3 Å². The number of amides is 1. The third-order valence-electron chi connectivity index (χ3n) is 5.83. The number of anilines is 1. The van der Waals surface area contributed by atoms with Gasteiger partial charge in [0.1, 0.15) is 5.75 Å². The fraction of sp³-hybridized carbons (Fsp3) is 0.320. The molecule has 1 N–H and O–H groups in total. The maximum Gasteiger partial charge on any atom is 0.251 e. The van der Waals surface area contributed by atoms with Gasteiger partial charge in [-0.05, 0) is 48.7 Å². The second-order valence-corrected chi connectivity index (χ2v) is 8.79. The lowest BCUT2D eigenvalue weighted by Gasteiger charge is -2.42. The van der Waals surface area contributed by atoms with Gasteiger partial charge in [-0.1, -0.05) is 30.3 Å². The van der Waals surface area contributed by atoms with Gasteiger partial charge >= 0.3 is 0 Å². The SMILES string of the molecule is COc1cccc(C(=O)N[C@@H](C)[C@@H](c2cccs2)N2CCN(c3ccccc3)CC2)c1. The summed E-state index contributed by atoms with van der Waals surface area (Å²) in [7, 11) is 1.61. The molecule has 2 aromatic carbocycles. The zero-order valence-corrected chi connectivity index (χ0v) is 18.8. The molecule has 1 aliphatic rings. The van der Waals surface area contributed by atoms with Crippen LogP contribution in [0.1, 0.15) is 28.2 Å². The first-order chi connectivity index (χ1) is 15.2. The highest BCUT2D eigenvalue weighted by Gasteiger charge is 2.31. The lowest BCUT2D eigenvalue weighted by Crippen LogP contribution is -2.52. The number of rotatable bonds is 7. The first kappa shape index (κ1) is 21.4. The second kappa shape index (κ2) is 9.98. The van der Waals surface area contributed by atoms with Crippen LogP contribution in [0.3, 0.4) is 0 Å². The number of carbonyl (C=O) groups excluding carboxylic acids is 1. The third kappa shape index (κ3) is 5.09. The van der Waals surface area contributed by atoms with Gasteiger partial charge in [0.05, 0.1) is 13.2 Å². The molecule has 3 aromatic rings. The van der Waals surface area contributed by atoms with Gasteiger partial charge < -0.3 is 15.0 Å². The monoisotopic (exact) mass is 435 g/mol. The highest BCUT2D eigenvalue weighted by molar-refractivity contribution is 7.10. The summed E-state index contributed by atoms with van der Waals surface area (Å²) in [5, 5.41) is 5.34. The minimum absolute atomic E-state index is 0.0272. The summed E-state index contributed by atoms with van der Waals surface area (Å²) in [5.74, 6) is 0.614. The molecule has 2 heterocycles. The van der Waals surface area contributed by atoms with E-state index in [1.807, 2.05) is 18.2 Å². The van der Waals surface area contributed by atoms with Crippen LogP contribution in [-0.4, -0.2) is 50.1 Å². The van der Waals surface area contributed by atoms with Crippen molar-refractivity contribution in [3.05, 3.63) is 82.6 Å². The third-order valence-corrected chi connectivity index (χ3v) is 6.77. The quantitative estimate of drug-likeness (QED) is 0.596. The van der Waals surface area contributed by atoms with Crippen LogP contribution in [0.25, 0.3) is 0 Å². The van der Waals surface area contributed by atoms with Gasteiger partial charge in [0.15, 0.2) is 0 Å². The predicted octanol–water partition coefficient (Wildman–Crippen LogP) is 4.44. The Balaban J connectivity index is 1.46. The van der Waals surface area contributed by atoms with Crippen molar-refractivity contribution in [2.75, 3.05) is 38.2 Å². The van der Waals surface area contributed by atoms with E-state index in [-0.39, 0.29) is 18.0 Å². The van der Waals surface area contributed by atoms with E-state index in [1.165, 1.54) is 10.6 Å². The Hall–Kier alpha value is -2.83. The van der Waals surface area contributed by atoms with Gasteiger partial charge in [-0.25, -0.2) is 0 Å². The molecule has 162 valence electrons. The summed E-state index contributed by atoms with van der Waals surface area (Å²) >= 11 is 1.75. The number of carbonyl (C=O) groups is 1. The van der Waals surface area contributed by atoms with Crippen molar-refractivity contribution in [3.63, 3.8) is 0 Å². The molecule has 0 bridgehead atoms. The van der Waals surface area contributed by atoms with E-state index in [4.69, 9.17) is 4.74 Å². The first-order valence-electron chi connectivity index (χ1n) is 10.7. The number of nitrogens with one attached hydrogen (secondary N) is 1. The van der Waals surface area contributed by atoms with Crippen LogP contribution >= 0.6 is 11.3 Å². The highest BCUT2D eigenvalue weighted by atomic mass is 32.1. The van der Waals surface area contributed by atoms with Crippen molar-refractivity contribution in [2.45, 2.75) is 19.0 Å². The molecular weight excluding hydrogens is 406 g/mol. The van der Waals surface area contributed by atoms with Crippen LogP contribution in [0.15, 0.2) is 72.1 Å².